The number of aromatic nitrogens is 3. The van der Waals surface area contributed by atoms with Gasteiger partial charge >= 0.3 is 0 Å². The lowest BCUT2D eigenvalue weighted by atomic mass is 10.0. The Morgan fingerprint density at radius 3 is 2.88 bits per heavy atom. The van der Waals surface area contributed by atoms with Crippen molar-refractivity contribution in [3.8, 4) is 5.75 Å². The maximum Gasteiger partial charge on any atom is 0.138 e. The molecule has 3 rings (SSSR count). The Bertz CT molecular complexity index is 850. The summed E-state index contributed by atoms with van der Waals surface area (Å²) in [5.41, 5.74) is 2.78. The zero-order valence-electron chi connectivity index (χ0n) is 13.4. The van der Waals surface area contributed by atoms with Gasteiger partial charge in [-0.1, -0.05) is 17.7 Å². The van der Waals surface area contributed by atoms with Gasteiger partial charge < -0.3 is 19.6 Å². The summed E-state index contributed by atoms with van der Waals surface area (Å²) in [7, 11) is 1.62. The minimum absolute atomic E-state index is 0.401. The average molecular weight is 348 g/mol. The van der Waals surface area contributed by atoms with Gasteiger partial charge in [-0.25, -0.2) is 9.97 Å². The van der Waals surface area contributed by atoms with E-state index < -0.39 is 6.10 Å². The molecule has 0 aliphatic rings. The van der Waals surface area contributed by atoms with Crippen molar-refractivity contribution in [3.05, 3.63) is 52.6 Å². The summed E-state index contributed by atoms with van der Waals surface area (Å²) in [5.74, 6) is 0.624. The van der Waals surface area contributed by atoms with Crippen molar-refractivity contribution in [1.29, 1.82) is 0 Å². The minimum atomic E-state index is -0.834. The molecule has 126 valence electrons. The fourth-order valence-electron chi connectivity index (χ4n) is 2.55. The minimum Gasteiger partial charge on any atom is -0.490 e. The van der Waals surface area contributed by atoms with Crippen molar-refractivity contribution >= 4 is 22.6 Å². The molecule has 0 fully saturated rings. The summed E-state index contributed by atoms with van der Waals surface area (Å²) in [6.07, 6.45) is 2.55. The Balaban J connectivity index is 1.94. The molecule has 24 heavy (non-hydrogen) atoms. The molecule has 2 N–H and O–H groups in total. The number of methoxy groups -OCH3 is 1. The maximum atomic E-state index is 10.8. The Labute approximate surface area is 144 Å². The molecule has 7 heteroatoms. The number of nitrogens with one attached hydrogen (secondary N) is 1. The molecule has 0 spiro atoms. The van der Waals surface area contributed by atoms with E-state index in [0.29, 0.717) is 46.6 Å². The fourth-order valence-corrected chi connectivity index (χ4v) is 2.74. The highest BCUT2D eigenvalue weighted by Crippen LogP contribution is 2.31. The normalized spacial score (nSPS) is 12.5. The Morgan fingerprint density at radius 2 is 2.12 bits per heavy atom. The van der Waals surface area contributed by atoms with Gasteiger partial charge in [0.1, 0.15) is 29.3 Å². The molecular weight excluding hydrogens is 330 g/mol. The summed E-state index contributed by atoms with van der Waals surface area (Å²) < 4.78 is 10.6. The van der Waals surface area contributed by atoms with Crippen LogP contribution in [0.1, 0.15) is 22.9 Å². The number of rotatable bonds is 6. The van der Waals surface area contributed by atoms with E-state index >= 15 is 0 Å². The number of aromatic amines is 1. The number of aryl methyl sites for hydroxylation is 1. The third-order valence-corrected chi connectivity index (χ3v) is 3.99. The van der Waals surface area contributed by atoms with Crippen molar-refractivity contribution in [2.24, 2.45) is 0 Å². The lowest BCUT2D eigenvalue weighted by Gasteiger charge is -2.13. The Kier molecular flexibility index (Phi) is 4.99. The predicted octanol–water partition coefficient (Wildman–Crippen LogP) is 3.03. The van der Waals surface area contributed by atoms with Gasteiger partial charge in [0.15, 0.2) is 0 Å². The first kappa shape index (κ1) is 16.7. The van der Waals surface area contributed by atoms with Crippen LogP contribution >= 0.6 is 11.6 Å². The van der Waals surface area contributed by atoms with Crippen LogP contribution in [-0.2, 0) is 4.74 Å². The van der Waals surface area contributed by atoms with E-state index in [0.717, 1.165) is 5.39 Å². The van der Waals surface area contributed by atoms with E-state index in [4.69, 9.17) is 21.1 Å². The lowest BCUT2D eigenvalue weighted by molar-refractivity contribution is 0.146. The SMILES string of the molecule is COCCOc1cnc2[nH]cc(C(O)c3ccc(Cl)nc3C)c2c1. The first-order valence-electron chi connectivity index (χ1n) is 7.50. The number of aliphatic hydroxyl groups excluding tert-OH is 1. The van der Waals surface area contributed by atoms with Crippen molar-refractivity contribution in [2.45, 2.75) is 13.0 Å². The van der Waals surface area contributed by atoms with Crippen LogP contribution in [0, 0.1) is 6.92 Å². The molecule has 6 nitrogen and oxygen atoms in total. The topological polar surface area (TPSA) is 80.3 Å². The summed E-state index contributed by atoms with van der Waals surface area (Å²) in [4.78, 5) is 11.6. The largest absolute Gasteiger partial charge is 0.490 e. The molecule has 0 aliphatic carbocycles. The first-order chi connectivity index (χ1) is 11.6. The van der Waals surface area contributed by atoms with Crippen LogP contribution in [0.2, 0.25) is 5.15 Å². The number of halogens is 1. The van der Waals surface area contributed by atoms with Crippen molar-refractivity contribution < 1.29 is 14.6 Å². The number of nitrogens with zero attached hydrogens (tertiary/aromatic N) is 2. The molecule has 3 aromatic rings. The lowest BCUT2D eigenvalue weighted by Crippen LogP contribution is -2.05. The van der Waals surface area contributed by atoms with Crippen molar-refractivity contribution in [2.75, 3.05) is 20.3 Å². The number of aliphatic hydroxyl groups is 1. The van der Waals surface area contributed by atoms with E-state index in [1.165, 1.54) is 0 Å². The molecule has 0 aliphatic heterocycles. The maximum absolute atomic E-state index is 10.8. The van der Waals surface area contributed by atoms with Crippen LogP contribution in [0.25, 0.3) is 11.0 Å². The summed E-state index contributed by atoms with van der Waals surface area (Å²) >= 11 is 5.89. The van der Waals surface area contributed by atoms with Crippen LogP contribution in [0.4, 0.5) is 0 Å². The number of H-pyrrole nitrogens is 1. The molecule has 3 heterocycles. The third-order valence-electron chi connectivity index (χ3n) is 3.78. The molecule has 1 unspecified atom stereocenters. The molecule has 0 radical (unpaired) electrons. The fraction of sp³-hybridized carbons (Fsp3) is 0.294. The van der Waals surface area contributed by atoms with E-state index in [2.05, 4.69) is 15.0 Å². The number of hydrogen-bond acceptors (Lipinski definition) is 5. The van der Waals surface area contributed by atoms with Crippen molar-refractivity contribution in [1.82, 2.24) is 15.0 Å². The van der Waals surface area contributed by atoms with Gasteiger partial charge in [-0.2, -0.15) is 0 Å². The van der Waals surface area contributed by atoms with Crippen molar-refractivity contribution in [3.63, 3.8) is 0 Å². The van der Waals surface area contributed by atoms with E-state index in [1.807, 2.05) is 13.0 Å². The van der Waals surface area contributed by atoms with Crippen LogP contribution < -0.4 is 4.74 Å². The Morgan fingerprint density at radius 1 is 1.29 bits per heavy atom. The summed E-state index contributed by atoms with van der Waals surface area (Å²) in [5, 5.41) is 12.0. The van der Waals surface area contributed by atoms with E-state index in [-0.39, 0.29) is 0 Å². The van der Waals surface area contributed by atoms with Crippen LogP contribution in [0.15, 0.2) is 30.6 Å². The van der Waals surface area contributed by atoms with Gasteiger partial charge in [0, 0.05) is 35.5 Å². The van der Waals surface area contributed by atoms with Crippen LogP contribution in [0.3, 0.4) is 0 Å². The number of hydrogen-bond donors (Lipinski definition) is 2. The van der Waals surface area contributed by atoms with Gasteiger partial charge in [-0.05, 0) is 19.1 Å². The van der Waals surface area contributed by atoms with Crippen LogP contribution in [-0.4, -0.2) is 40.4 Å². The number of fused-ring (bicyclic) bond motifs is 1. The summed E-state index contributed by atoms with van der Waals surface area (Å²) in [6.45, 7) is 2.75. The molecule has 0 bridgehead atoms. The zero-order valence-corrected chi connectivity index (χ0v) is 14.2. The molecule has 0 saturated heterocycles. The molecule has 0 aromatic carbocycles. The third kappa shape index (κ3) is 3.36. The zero-order chi connectivity index (χ0) is 17.1. The molecular formula is C17H18ClN3O3. The highest BCUT2D eigenvalue weighted by molar-refractivity contribution is 6.29. The smallest absolute Gasteiger partial charge is 0.138 e. The highest BCUT2D eigenvalue weighted by atomic mass is 35.5. The Hall–Kier alpha value is -2.15. The van der Waals surface area contributed by atoms with Crippen LogP contribution in [0.5, 0.6) is 5.75 Å². The highest BCUT2D eigenvalue weighted by Gasteiger charge is 2.19. The van der Waals surface area contributed by atoms with Gasteiger partial charge in [0.2, 0.25) is 0 Å². The molecule has 0 amide bonds. The standard InChI is InChI=1S/C17H18ClN3O3/c1-10-12(3-4-15(18)21-10)16(22)14-9-20-17-13(14)7-11(8-19-17)24-6-5-23-2/h3-4,7-9,16,22H,5-6H2,1-2H3,(H,19,20). The first-order valence-corrected chi connectivity index (χ1v) is 7.88. The second-order valence-electron chi connectivity index (χ2n) is 5.36. The number of pyridine rings is 2. The second kappa shape index (κ2) is 7.17. The van der Waals surface area contributed by atoms with E-state index in [1.54, 1.807) is 31.6 Å². The van der Waals surface area contributed by atoms with Gasteiger partial charge in [-0.3, -0.25) is 0 Å². The van der Waals surface area contributed by atoms with Gasteiger partial charge in [0.25, 0.3) is 0 Å². The summed E-state index contributed by atoms with van der Waals surface area (Å²) in [6, 6.07) is 5.30. The van der Waals surface area contributed by atoms with E-state index in [9.17, 15) is 5.11 Å². The molecule has 0 saturated carbocycles. The number of ether oxygens (including phenoxy) is 2. The molecule has 1 atom stereocenters. The average Bonchev–Trinajstić information content (AvgIpc) is 2.98. The van der Waals surface area contributed by atoms with Gasteiger partial charge in [-0.15, -0.1) is 0 Å². The molecule has 3 aromatic heterocycles. The second-order valence-corrected chi connectivity index (χ2v) is 5.75. The van der Waals surface area contributed by atoms with Gasteiger partial charge in [0.05, 0.1) is 12.8 Å². The quantitative estimate of drug-likeness (QED) is 0.529. The predicted molar refractivity (Wildman–Crippen MR) is 91.5 cm³/mol. The monoisotopic (exact) mass is 347 g/mol.